The number of rotatable bonds is 3. The van der Waals surface area contributed by atoms with Gasteiger partial charge in [-0.25, -0.2) is 4.98 Å². The zero-order valence-corrected chi connectivity index (χ0v) is 11.1. The summed E-state index contributed by atoms with van der Waals surface area (Å²) < 4.78 is 1.87. The van der Waals surface area contributed by atoms with Gasteiger partial charge >= 0.3 is 5.97 Å². The van der Waals surface area contributed by atoms with Gasteiger partial charge in [0, 0.05) is 17.3 Å². The Bertz CT molecular complexity index is 485. The molecule has 1 aromatic heterocycles. The van der Waals surface area contributed by atoms with Crippen LogP contribution in [0.3, 0.4) is 0 Å². The van der Waals surface area contributed by atoms with Crippen LogP contribution in [0.2, 0.25) is 0 Å². The van der Waals surface area contributed by atoms with Gasteiger partial charge in [0.2, 0.25) is 0 Å². The van der Waals surface area contributed by atoms with Crippen molar-refractivity contribution in [2.45, 2.75) is 50.5 Å². The molecule has 4 saturated carbocycles. The number of carbonyl (C=O) groups is 1. The van der Waals surface area contributed by atoms with Crippen LogP contribution < -0.4 is 0 Å². The van der Waals surface area contributed by atoms with Crippen LogP contribution in [0.15, 0.2) is 12.5 Å². The number of carboxylic acids is 1. The van der Waals surface area contributed by atoms with Crippen molar-refractivity contribution in [3.63, 3.8) is 0 Å². The van der Waals surface area contributed by atoms with Crippen molar-refractivity contribution in [3.8, 4) is 0 Å². The molecule has 4 nitrogen and oxygen atoms in total. The molecular formula is C15H20N2O2. The van der Waals surface area contributed by atoms with Crippen molar-refractivity contribution in [1.29, 1.82) is 0 Å². The Labute approximate surface area is 112 Å². The van der Waals surface area contributed by atoms with Crippen molar-refractivity contribution in [2.24, 2.45) is 17.8 Å². The lowest BCUT2D eigenvalue weighted by atomic mass is 9.49. The van der Waals surface area contributed by atoms with Crippen molar-refractivity contribution in [3.05, 3.63) is 18.2 Å². The summed E-state index contributed by atoms with van der Waals surface area (Å²) in [4.78, 5) is 15.2. The molecule has 19 heavy (non-hydrogen) atoms. The number of hydrogen-bond donors (Lipinski definition) is 1. The monoisotopic (exact) mass is 260 g/mol. The van der Waals surface area contributed by atoms with Gasteiger partial charge in [-0.15, -0.1) is 0 Å². The first-order valence-corrected chi connectivity index (χ1v) is 7.37. The normalized spacial score (nSPS) is 39.7. The summed E-state index contributed by atoms with van der Waals surface area (Å²) in [6.45, 7) is 0.0527. The van der Waals surface area contributed by atoms with E-state index in [0.717, 1.165) is 17.8 Å². The van der Waals surface area contributed by atoms with Gasteiger partial charge in [-0.05, 0) is 56.3 Å². The van der Waals surface area contributed by atoms with Crippen molar-refractivity contribution in [2.75, 3.05) is 0 Å². The molecule has 4 bridgehead atoms. The van der Waals surface area contributed by atoms with Gasteiger partial charge in [-0.1, -0.05) is 0 Å². The molecule has 0 atom stereocenters. The first-order chi connectivity index (χ1) is 9.14. The first-order valence-electron chi connectivity index (χ1n) is 7.37. The lowest BCUT2D eigenvalue weighted by Gasteiger charge is -2.56. The van der Waals surface area contributed by atoms with Gasteiger partial charge in [0.05, 0.1) is 6.33 Å². The number of nitrogens with zero attached hydrogens (tertiary/aromatic N) is 2. The maximum Gasteiger partial charge on any atom is 0.323 e. The molecule has 4 heteroatoms. The van der Waals surface area contributed by atoms with Crippen LogP contribution in [0.25, 0.3) is 0 Å². The standard InChI is InChI=1S/C15H20N2O2/c18-14(19)8-17-9-16-7-13(17)15-4-10-1-11(5-15)3-12(2-10)6-15/h7,9-12H,1-6,8H2,(H,18,19). The summed E-state index contributed by atoms with van der Waals surface area (Å²) in [7, 11) is 0. The highest BCUT2D eigenvalue weighted by atomic mass is 16.4. The first kappa shape index (κ1) is 11.5. The molecule has 102 valence electrons. The highest BCUT2D eigenvalue weighted by molar-refractivity contribution is 5.66. The fraction of sp³-hybridized carbons (Fsp3) is 0.733. The summed E-state index contributed by atoms with van der Waals surface area (Å²) in [5.41, 5.74) is 1.43. The highest BCUT2D eigenvalue weighted by Gasteiger charge is 2.52. The molecule has 1 aromatic rings. The maximum absolute atomic E-state index is 11.0. The van der Waals surface area contributed by atoms with Crippen LogP contribution in [0.5, 0.6) is 0 Å². The average Bonchev–Trinajstić information content (AvgIpc) is 2.74. The van der Waals surface area contributed by atoms with E-state index >= 15 is 0 Å². The van der Waals surface area contributed by atoms with Gasteiger partial charge in [0.25, 0.3) is 0 Å². The summed E-state index contributed by atoms with van der Waals surface area (Å²) in [5, 5.41) is 9.04. The number of aliphatic carboxylic acids is 1. The molecule has 4 aliphatic carbocycles. The molecule has 0 amide bonds. The topological polar surface area (TPSA) is 55.1 Å². The van der Waals surface area contributed by atoms with Gasteiger partial charge in [0.15, 0.2) is 0 Å². The second-order valence-corrected chi connectivity index (χ2v) is 7.00. The Morgan fingerprint density at radius 1 is 1.26 bits per heavy atom. The van der Waals surface area contributed by atoms with E-state index in [2.05, 4.69) is 4.98 Å². The third kappa shape index (κ3) is 1.72. The Kier molecular flexibility index (Phi) is 2.32. The SMILES string of the molecule is O=C(O)Cn1cncc1C12CC3CC(CC(C3)C1)C2. The largest absolute Gasteiger partial charge is 0.480 e. The number of aromatic nitrogens is 2. The van der Waals surface area contributed by atoms with E-state index in [1.54, 1.807) is 6.33 Å². The molecule has 4 aliphatic rings. The molecule has 5 rings (SSSR count). The molecule has 4 fully saturated rings. The smallest absolute Gasteiger partial charge is 0.323 e. The fourth-order valence-corrected chi connectivity index (χ4v) is 5.46. The molecule has 0 saturated heterocycles. The van der Waals surface area contributed by atoms with Gasteiger partial charge < -0.3 is 9.67 Å². The third-order valence-corrected chi connectivity index (χ3v) is 5.60. The summed E-state index contributed by atoms with van der Waals surface area (Å²) >= 11 is 0. The van der Waals surface area contributed by atoms with Crippen LogP contribution in [0.1, 0.15) is 44.2 Å². The van der Waals surface area contributed by atoms with E-state index in [1.807, 2.05) is 10.8 Å². The molecular weight excluding hydrogens is 240 g/mol. The lowest BCUT2D eigenvalue weighted by Crippen LogP contribution is -2.49. The van der Waals surface area contributed by atoms with E-state index in [9.17, 15) is 4.79 Å². The molecule has 1 heterocycles. The second-order valence-electron chi connectivity index (χ2n) is 7.00. The minimum absolute atomic E-state index is 0.0527. The fourth-order valence-electron chi connectivity index (χ4n) is 5.46. The van der Waals surface area contributed by atoms with E-state index in [-0.39, 0.29) is 12.0 Å². The highest BCUT2D eigenvalue weighted by Crippen LogP contribution is 2.60. The maximum atomic E-state index is 11.0. The Hall–Kier alpha value is -1.32. The van der Waals surface area contributed by atoms with Crippen LogP contribution >= 0.6 is 0 Å². The van der Waals surface area contributed by atoms with Crippen LogP contribution in [-0.4, -0.2) is 20.6 Å². The summed E-state index contributed by atoms with van der Waals surface area (Å²) in [5.74, 6) is 1.85. The third-order valence-electron chi connectivity index (χ3n) is 5.60. The second kappa shape index (κ2) is 3.84. The molecule has 0 aliphatic heterocycles. The van der Waals surface area contributed by atoms with E-state index in [4.69, 9.17) is 5.11 Å². The Balaban J connectivity index is 1.72. The van der Waals surface area contributed by atoms with Crippen molar-refractivity contribution in [1.82, 2.24) is 9.55 Å². The minimum atomic E-state index is -0.774. The number of imidazole rings is 1. The summed E-state index contributed by atoms with van der Waals surface area (Å²) in [6, 6.07) is 0. The number of carboxylic acid groups (broad SMARTS) is 1. The van der Waals surface area contributed by atoms with Crippen LogP contribution in [-0.2, 0) is 16.8 Å². The average molecular weight is 260 g/mol. The zero-order chi connectivity index (χ0) is 13.0. The lowest BCUT2D eigenvalue weighted by molar-refractivity contribution is -0.137. The van der Waals surface area contributed by atoms with Crippen LogP contribution in [0, 0.1) is 17.8 Å². The predicted molar refractivity (Wildman–Crippen MR) is 69.7 cm³/mol. The van der Waals surface area contributed by atoms with E-state index < -0.39 is 5.97 Å². The summed E-state index contributed by atoms with van der Waals surface area (Å²) in [6.07, 6.45) is 11.6. The minimum Gasteiger partial charge on any atom is -0.480 e. The van der Waals surface area contributed by atoms with E-state index in [1.165, 1.54) is 44.2 Å². The van der Waals surface area contributed by atoms with Crippen molar-refractivity contribution < 1.29 is 9.90 Å². The number of hydrogen-bond acceptors (Lipinski definition) is 2. The predicted octanol–water partition coefficient (Wildman–Crippen LogP) is 2.44. The van der Waals surface area contributed by atoms with Gasteiger partial charge in [-0.3, -0.25) is 4.79 Å². The van der Waals surface area contributed by atoms with Crippen LogP contribution in [0.4, 0.5) is 0 Å². The molecule has 0 spiro atoms. The Morgan fingerprint density at radius 3 is 2.37 bits per heavy atom. The van der Waals surface area contributed by atoms with Crippen molar-refractivity contribution >= 4 is 5.97 Å². The molecule has 0 aromatic carbocycles. The zero-order valence-electron chi connectivity index (χ0n) is 11.1. The quantitative estimate of drug-likeness (QED) is 0.908. The van der Waals surface area contributed by atoms with E-state index in [0.29, 0.717) is 0 Å². The Morgan fingerprint density at radius 2 is 1.84 bits per heavy atom. The van der Waals surface area contributed by atoms with Gasteiger partial charge in [-0.2, -0.15) is 0 Å². The molecule has 0 radical (unpaired) electrons. The molecule has 1 N–H and O–H groups in total. The van der Waals surface area contributed by atoms with Gasteiger partial charge in [0.1, 0.15) is 6.54 Å². The molecule has 0 unspecified atom stereocenters.